The SMILES string of the molecule is CC(C)(C)OC(=O)N1[C@@H]2CC2C[C@H]1C(=O)NC1CC1(F)c1ccccc1. The lowest BCUT2D eigenvalue weighted by molar-refractivity contribution is -0.126. The molecule has 1 heterocycles. The number of hydrogen-bond donors (Lipinski definition) is 1. The van der Waals surface area contributed by atoms with Crippen molar-refractivity contribution in [2.24, 2.45) is 5.92 Å². The number of ether oxygens (including phenoxy) is 1. The van der Waals surface area contributed by atoms with Gasteiger partial charge in [0.05, 0.1) is 6.04 Å². The van der Waals surface area contributed by atoms with E-state index in [2.05, 4.69) is 5.32 Å². The molecule has 1 N–H and O–H groups in total. The molecule has 3 aliphatic rings. The number of nitrogens with one attached hydrogen (secondary N) is 1. The third-order valence-electron chi connectivity index (χ3n) is 5.47. The first-order chi connectivity index (χ1) is 12.2. The summed E-state index contributed by atoms with van der Waals surface area (Å²) in [6.07, 6.45) is 1.37. The van der Waals surface area contributed by atoms with Gasteiger partial charge in [-0.1, -0.05) is 30.3 Å². The zero-order valence-electron chi connectivity index (χ0n) is 15.4. The van der Waals surface area contributed by atoms with Crippen LogP contribution < -0.4 is 5.32 Å². The highest BCUT2D eigenvalue weighted by Crippen LogP contribution is 2.51. The summed E-state index contributed by atoms with van der Waals surface area (Å²) in [7, 11) is 0. The number of piperidine rings is 1. The van der Waals surface area contributed by atoms with Crippen LogP contribution in [-0.2, 0) is 15.2 Å². The Morgan fingerprint density at radius 2 is 1.92 bits per heavy atom. The third kappa shape index (κ3) is 3.06. The third-order valence-corrected chi connectivity index (χ3v) is 5.47. The number of hydrogen-bond acceptors (Lipinski definition) is 3. The first-order valence-corrected chi connectivity index (χ1v) is 9.25. The van der Waals surface area contributed by atoms with Gasteiger partial charge in [-0.25, -0.2) is 9.18 Å². The molecule has 3 unspecified atom stereocenters. The van der Waals surface area contributed by atoms with Gasteiger partial charge in [0.15, 0.2) is 5.67 Å². The van der Waals surface area contributed by atoms with Crippen LogP contribution in [0.4, 0.5) is 9.18 Å². The Kier molecular flexibility index (Phi) is 3.79. The van der Waals surface area contributed by atoms with Gasteiger partial charge in [-0.2, -0.15) is 0 Å². The van der Waals surface area contributed by atoms with Gasteiger partial charge in [-0.3, -0.25) is 9.69 Å². The summed E-state index contributed by atoms with van der Waals surface area (Å²) < 4.78 is 20.5. The minimum atomic E-state index is -1.50. The molecule has 2 aliphatic carbocycles. The summed E-state index contributed by atoms with van der Waals surface area (Å²) in [6, 6.07) is 7.90. The van der Waals surface area contributed by atoms with Crippen molar-refractivity contribution in [2.45, 2.75) is 69.4 Å². The topological polar surface area (TPSA) is 58.6 Å². The van der Waals surface area contributed by atoms with Crippen molar-refractivity contribution < 1.29 is 18.7 Å². The smallest absolute Gasteiger partial charge is 0.411 e. The van der Waals surface area contributed by atoms with Crippen molar-refractivity contribution in [3.8, 4) is 0 Å². The lowest BCUT2D eigenvalue weighted by atomic mass is 10.1. The molecule has 6 heteroatoms. The van der Waals surface area contributed by atoms with Gasteiger partial charge in [0, 0.05) is 12.5 Å². The molecule has 140 valence electrons. The standard InChI is InChI=1S/C20H25FN2O3/c1-19(2,3)26-18(25)23-14-9-12(14)10-15(23)17(24)22-16-11-20(16,21)13-7-5-4-6-8-13/h4-8,12,14-16H,9-11H2,1-3H3,(H,22,24)/t12?,14-,15+,16?,20?/m1/s1. The van der Waals surface area contributed by atoms with Crippen LogP contribution in [0.1, 0.15) is 45.6 Å². The zero-order valence-corrected chi connectivity index (χ0v) is 15.4. The monoisotopic (exact) mass is 360 g/mol. The minimum absolute atomic E-state index is 0.0871. The average molecular weight is 360 g/mol. The molecule has 4 rings (SSSR count). The summed E-state index contributed by atoms with van der Waals surface area (Å²) in [5.41, 5.74) is -1.53. The van der Waals surface area contributed by atoms with E-state index >= 15 is 0 Å². The highest BCUT2D eigenvalue weighted by atomic mass is 19.1. The van der Waals surface area contributed by atoms with Gasteiger partial charge in [-0.15, -0.1) is 0 Å². The normalized spacial score (nSPS) is 34.8. The van der Waals surface area contributed by atoms with E-state index in [-0.39, 0.29) is 18.4 Å². The molecule has 0 spiro atoms. The fraction of sp³-hybridized carbons (Fsp3) is 0.600. The Morgan fingerprint density at radius 3 is 2.58 bits per heavy atom. The number of halogens is 1. The lowest BCUT2D eigenvalue weighted by Gasteiger charge is -2.30. The molecule has 5 atom stereocenters. The average Bonchev–Trinajstić information content (AvgIpc) is 3.43. The number of fused-ring (bicyclic) bond motifs is 1. The Balaban J connectivity index is 1.41. The van der Waals surface area contributed by atoms with Crippen LogP contribution in [0.2, 0.25) is 0 Å². The molecular weight excluding hydrogens is 335 g/mol. The zero-order chi connectivity index (χ0) is 18.7. The maximum Gasteiger partial charge on any atom is 0.411 e. The van der Waals surface area contributed by atoms with Crippen LogP contribution >= 0.6 is 0 Å². The van der Waals surface area contributed by atoms with E-state index in [9.17, 15) is 14.0 Å². The predicted octanol–water partition coefficient (Wildman–Crippen LogP) is 3.14. The molecule has 1 aromatic carbocycles. The molecule has 2 amide bonds. The number of alkyl halides is 1. The van der Waals surface area contributed by atoms with Crippen LogP contribution in [0, 0.1) is 5.92 Å². The Bertz CT molecular complexity index is 732. The van der Waals surface area contributed by atoms with Gasteiger partial charge in [0.1, 0.15) is 11.6 Å². The van der Waals surface area contributed by atoms with E-state index in [0.29, 0.717) is 17.9 Å². The van der Waals surface area contributed by atoms with Crippen molar-refractivity contribution in [2.75, 3.05) is 0 Å². The van der Waals surface area contributed by atoms with Crippen molar-refractivity contribution in [3.05, 3.63) is 35.9 Å². The molecule has 2 saturated carbocycles. The molecule has 0 aromatic heterocycles. The summed E-state index contributed by atoms with van der Waals surface area (Å²) in [4.78, 5) is 26.8. The minimum Gasteiger partial charge on any atom is -0.444 e. The van der Waals surface area contributed by atoms with E-state index in [4.69, 9.17) is 4.74 Å². The van der Waals surface area contributed by atoms with Crippen LogP contribution in [-0.4, -0.2) is 40.6 Å². The van der Waals surface area contributed by atoms with Gasteiger partial charge in [0.2, 0.25) is 5.91 Å². The van der Waals surface area contributed by atoms with Gasteiger partial charge < -0.3 is 10.1 Å². The van der Waals surface area contributed by atoms with E-state index in [0.717, 1.165) is 6.42 Å². The van der Waals surface area contributed by atoms with Gasteiger partial charge >= 0.3 is 6.09 Å². The van der Waals surface area contributed by atoms with Crippen molar-refractivity contribution in [1.82, 2.24) is 10.2 Å². The highest BCUT2D eigenvalue weighted by molar-refractivity contribution is 5.87. The Labute approximate surface area is 152 Å². The molecule has 1 aromatic rings. The number of carbonyl (C=O) groups excluding carboxylic acids is 2. The van der Waals surface area contributed by atoms with Crippen LogP contribution in [0.25, 0.3) is 0 Å². The van der Waals surface area contributed by atoms with Crippen LogP contribution in [0.3, 0.4) is 0 Å². The summed E-state index contributed by atoms with van der Waals surface area (Å²) in [6.45, 7) is 5.42. The second-order valence-corrected chi connectivity index (χ2v) is 8.70. The Morgan fingerprint density at radius 1 is 1.23 bits per heavy atom. The second kappa shape index (κ2) is 5.69. The van der Waals surface area contributed by atoms with Crippen LogP contribution in [0.15, 0.2) is 30.3 Å². The van der Waals surface area contributed by atoms with Crippen molar-refractivity contribution in [1.29, 1.82) is 0 Å². The largest absolute Gasteiger partial charge is 0.444 e. The molecule has 3 fully saturated rings. The van der Waals surface area contributed by atoms with Crippen LogP contribution in [0.5, 0.6) is 0 Å². The summed E-state index contributed by atoms with van der Waals surface area (Å²) >= 11 is 0. The molecule has 1 aliphatic heterocycles. The maximum atomic E-state index is 15.0. The molecule has 1 saturated heterocycles. The molecular formula is C20H25FN2O3. The Hall–Kier alpha value is -2.11. The number of carbonyl (C=O) groups is 2. The summed E-state index contributed by atoms with van der Waals surface area (Å²) in [5, 5.41) is 2.81. The fourth-order valence-corrected chi connectivity index (χ4v) is 3.97. The van der Waals surface area contributed by atoms with E-state index in [1.165, 1.54) is 0 Å². The highest BCUT2D eigenvalue weighted by Gasteiger charge is 2.61. The fourth-order valence-electron chi connectivity index (χ4n) is 3.97. The number of nitrogens with zero attached hydrogens (tertiary/aromatic N) is 1. The van der Waals surface area contributed by atoms with Crippen molar-refractivity contribution >= 4 is 12.0 Å². The maximum absolute atomic E-state index is 15.0. The molecule has 0 radical (unpaired) electrons. The molecule has 26 heavy (non-hydrogen) atoms. The lowest BCUT2D eigenvalue weighted by Crippen LogP contribution is -2.50. The number of amides is 2. The number of rotatable bonds is 3. The predicted molar refractivity (Wildman–Crippen MR) is 94.1 cm³/mol. The van der Waals surface area contributed by atoms with E-state index in [1.807, 2.05) is 26.8 Å². The van der Waals surface area contributed by atoms with E-state index in [1.54, 1.807) is 29.2 Å². The molecule has 0 bridgehead atoms. The first-order valence-electron chi connectivity index (χ1n) is 9.25. The van der Waals surface area contributed by atoms with Crippen molar-refractivity contribution in [3.63, 3.8) is 0 Å². The van der Waals surface area contributed by atoms with Gasteiger partial charge in [-0.05, 0) is 45.1 Å². The molecule has 5 nitrogen and oxygen atoms in total. The number of benzene rings is 1. The van der Waals surface area contributed by atoms with Gasteiger partial charge in [0.25, 0.3) is 0 Å². The second-order valence-electron chi connectivity index (χ2n) is 8.70. The summed E-state index contributed by atoms with van der Waals surface area (Å²) in [5.74, 6) is 0.0882. The van der Waals surface area contributed by atoms with E-state index < -0.39 is 29.4 Å². The first kappa shape index (κ1) is 17.3. The number of likely N-dealkylation sites (tertiary alicyclic amines) is 1. The quantitative estimate of drug-likeness (QED) is 0.901.